The molecule has 0 saturated carbocycles. The van der Waals surface area contributed by atoms with E-state index < -0.39 is 29.3 Å². The second kappa shape index (κ2) is 5.20. The summed E-state index contributed by atoms with van der Waals surface area (Å²) < 4.78 is 10.3. The molecule has 0 aromatic rings. The van der Waals surface area contributed by atoms with Gasteiger partial charge in [-0.25, -0.2) is 0 Å². The Morgan fingerprint density at radius 1 is 0.944 bits per heavy atom. The van der Waals surface area contributed by atoms with Crippen LogP contribution in [-0.2, 0) is 9.31 Å². The molecule has 7 heteroatoms. The van der Waals surface area contributed by atoms with Gasteiger partial charge in [-0.05, 0) is 48.5 Å². The predicted octanol–water partition coefficient (Wildman–Crippen LogP) is 0.378. The fraction of sp³-hybridized carbons (Fsp3) is 1.00. The SMILES string of the molecule is CC(C)(O)C(C)(C)O.[B]B1OC([B])(C)C(C)(C)O1. The average Bonchev–Trinajstić information content (AvgIpc) is 2.13. The first kappa shape index (κ1) is 18.0. The number of hydrogen-bond acceptors (Lipinski definition) is 4. The summed E-state index contributed by atoms with van der Waals surface area (Å²) in [6.07, 6.45) is 0. The second-order valence-corrected chi connectivity index (χ2v) is 6.34. The van der Waals surface area contributed by atoms with E-state index in [-0.39, 0.29) is 0 Å². The van der Waals surface area contributed by atoms with E-state index in [4.69, 9.17) is 35.1 Å². The minimum Gasteiger partial charge on any atom is -0.419 e. The highest BCUT2D eigenvalue weighted by molar-refractivity contribution is 6.95. The maximum Gasteiger partial charge on any atom is 0.387 e. The first-order chi connectivity index (χ1) is 7.60. The van der Waals surface area contributed by atoms with E-state index in [1.54, 1.807) is 34.6 Å². The topological polar surface area (TPSA) is 58.9 Å². The first-order valence-electron chi connectivity index (χ1n) is 5.95. The highest BCUT2D eigenvalue weighted by Crippen LogP contribution is 2.33. The van der Waals surface area contributed by atoms with Gasteiger partial charge in [-0.15, -0.1) is 0 Å². The van der Waals surface area contributed by atoms with Gasteiger partial charge in [0.2, 0.25) is 0 Å². The van der Waals surface area contributed by atoms with E-state index in [9.17, 15) is 0 Å². The molecule has 0 aromatic heterocycles. The van der Waals surface area contributed by atoms with Gasteiger partial charge in [0.05, 0.1) is 16.8 Å². The Hall–Kier alpha value is 0.0348. The molecule has 0 aliphatic carbocycles. The highest BCUT2D eigenvalue weighted by atomic mass is 16.7. The second-order valence-electron chi connectivity index (χ2n) is 6.34. The molecular formula is C11H23B3O4. The molecule has 0 aromatic carbocycles. The lowest BCUT2D eigenvalue weighted by molar-refractivity contribution is -0.107. The third kappa shape index (κ3) is 4.61. The van der Waals surface area contributed by atoms with Gasteiger partial charge in [-0.3, -0.25) is 0 Å². The minimum absolute atomic E-state index is 0.508. The van der Waals surface area contributed by atoms with Gasteiger partial charge in [-0.2, -0.15) is 0 Å². The largest absolute Gasteiger partial charge is 0.419 e. The van der Waals surface area contributed by atoms with E-state index in [2.05, 4.69) is 0 Å². The summed E-state index contributed by atoms with van der Waals surface area (Å²) in [6.45, 7) is 11.7. The van der Waals surface area contributed by atoms with Crippen LogP contribution >= 0.6 is 0 Å². The third-order valence-corrected chi connectivity index (χ3v) is 3.46. The third-order valence-electron chi connectivity index (χ3n) is 3.46. The van der Waals surface area contributed by atoms with E-state index in [0.717, 1.165) is 0 Å². The van der Waals surface area contributed by atoms with Crippen LogP contribution in [0.1, 0.15) is 48.5 Å². The summed E-state index contributed by atoms with van der Waals surface area (Å²) in [5.41, 5.74) is -3.31. The van der Waals surface area contributed by atoms with Crippen LogP contribution in [-0.4, -0.2) is 55.1 Å². The predicted molar refractivity (Wildman–Crippen MR) is 74.5 cm³/mol. The zero-order chi connectivity index (χ0) is 15.0. The Bertz CT molecular complexity index is 251. The monoisotopic (exact) mass is 252 g/mol. The van der Waals surface area contributed by atoms with Gasteiger partial charge in [-0.1, -0.05) is 0 Å². The molecule has 0 bridgehead atoms. The van der Waals surface area contributed by atoms with Crippen LogP contribution in [0.5, 0.6) is 0 Å². The van der Waals surface area contributed by atoms with Crippen molar-refractivity contribution in [2.24, 2.45) is 0 Å². The van der Waals surface area contributed by atoms with Crippen molar-refractivity contribution in [1.29, 1.82) is 0 Å². The smallest absolute Gasteiger partial charge is 0.387 e. The Morgan fingerprint density at radius 3 is 1.33 bits per heavy atom. The summed E-state index contributed by atoms with van der Waals surface area (Å²) in [4.78, 5) is 0. The molecular weight excluding hydrogens is 229 g/mol. The van der Waals surface area contributed by atoms with Gasteiger partial charge in [0, 0.05) is 5.50 Å². The van der Waals surface area contributed by atoms with Gasteiger partial charge in [0.1, 0.15) is 15.6 Å². The Kier molecular flexibility index (Phi) is 5.21. The lowest BCUT2D eigenvalue weighted by Gasteiger charge is -2.33. The van der Waals surface area contributed by atoms with Crippen LogP contribution in [0.15, 0.2) is 0 Å². The molecule has 1 aliphatic heterocycles. The summed E-state index contributed by atoms with van der Waals surface area (Å²) in [7, 11) is 10.4. The number of aliphatic hydroxyl groups is 2. The van der Waals surface area contributed by atoms with Gasteiger partial charge in [0.15, 0.2) is 0 Å². The molecule has 0 spiro atoms. The molecule has 100 valence electrons. The summed E-state index contributed by atoms with van der Waals surface area (Å²) in [5, 5.41) is 18.2. The van der Waals surface area contributed by atoms with Crippen molar-refractivity contribution in [1.82, 2.24) is 0 Å². The van der Waals surface area contributed by atoms with Crippen LogP contribution < -0.4 is 0 Å². The molecule has 0 amide bonds. The van der Waals surface area contributed by atoms with Crippen molar-refractivity contribution in [2.45, 2.75) is 70.8 Å². The van der Waals surface area contributed by atoms with Crippen molar-refractivity contribution < 1.29 is 19.5 Å². The molecule has 1 atom stereocenters. The normalized spacial score (nSPS) is 27.7. The Morgan fingerprint density at radius 2 is 1.28 bits per heavy atom. The van der Waals surface area contributed by atoms with Crippen LogP contribution in [0.4, 0.5) is 0 Å². The van der Waals surface area contributed by atoms with Crippen LogP contribution in [0.25, 0.3) is 0 Å². The minimum atomic E-state index is -1.01. The van der Waals surface area contributed by atoms with Crippen molar-refractivity contribution in [3.8, 4) is 0 Å². The molecule has 4 nitrogen and oxygen atoms in total. The zero-order valence-corrected chi connectivity index (χ0v) is 12.4. The van der Waals surface area contributed by atoms with E-state index in [1.165, 1.54) is 0 Å². The standard InChI is InChI=1S/C6H14O2.C5H9B3O2/c1-5(2,7)6(3,4)8;1-4(2)5(3,6)10-8(7)9-4/h7-8H,1-4H3;1-3H3. The van der Waals surface area contributed by atoms with Gasteiger partial charge in [0.25, 0.3) is 0 Å². The highest BCUT2D eigenvalue weighted by Gasteiger charge is 2.47. The average molecular weight is 252 g/mol. The molecule has 1 unspecified atom stereocenters. The van der Waals surface area contributed by atoms with Crippen molar-refractivity contribution in [3.63, 3.8) is 0 Å². The molecule has 1 rings (SSSR count). The number of hydrogen-bond donors (Lipinski definition) is 2. The summed E-state index contributed by atoms with van der Waals surface area (Å²) >= 11 is 0. The van der Waals surface area contributed by atoms with Crippen molar-refractivity contribution in [2.75, 3.05) is 0 Å². The van der Waals surface area contributed by atoms with E-state index in [0.29, 0.717) is 0 Å². The summed E-state index contributed by atoms with van der Waals surface area (Å²) in [5.74, 6) is 0. The van der Waals surface area contributed by atoms with Gasteiger partial charge < -0.3 is 19.5 Å². The van der Waals surface area contributed by atoms with E-state index >= 15 is 0 Å². The maximum atomic E-state index is 9.10. The molecule has 1 heterocycles. The Labute approximate surface area is 113 Å². The first-order valence-corrected chi connectivity index (χ1v) is 5.95. The number of rotatable bonds is 1. The van der Waals surface area contributed by atoms with Crippen LogP contribution in [0, 0.1) is 0 Å². The van der Waals surface area contributed by atoms with Crippen LogP contribution in [0.2, 0.25) is 0 Å². The lowest BCUT2D eigenvalue weighted by Crippen LogP contribution is -2.45. The zero-order valence-electron chi connectivity index (χ0n) is 12.4. The fourth-order valence-corrected chi connectivity index (χ4v) is 0.815. The molecule has 1 fully saturated rings. The quantitative estimate of drug-likeness (QED) is 0.662. The molecule has 4 radical (unpaired) electrons. The van der Waals surface area contributed by atoms with E-state index in [1.807, 2.05) is 13.8 Å². The molecule has 2 N–H and O–H groups in total. The van der Waals surface area contributed by atoms with Crippen LogP contribution in [0.3, 0.4) is 0 Å². The molecule has 1 saturated heterocycles. The molecule has 18 heavy (non-hydrogen) atoms. The molecule has 1 aliphatic rings. The Balaban J connectivity index is 0.000000331. The van der Waals surface area contributed by atoms with Crippen molar-refractivity contribution >= 4 is 22.6 Å². The lowest BCUT2D eigenvalue weighted by atomic mass is 9.63. The maximum absolute atomic E-state index is 9.10. The van der Waals surface area contributed by atoms with Gasteiger partial charge >= 0.3 is 7.01 Å². The fourth-order valence-electron chi connectivity index (χ4n) is 0.815. The summed E-state index contributed by atoms with van der Waals surface area (Å²) in [6, 6.07) is 0. The van der Waals surface area contributed by atoms with Crippen molar-refractivity contribution in [3.05, 3.63) is 0 Å².